The van der Waals surface area contributed by atoms with Gasteiger partial charge in [-0.25, -0.2) is 0 Å². The first kappa shape index (κ1) is 9.69. The molecule has 3 aliphatic carbocycles. The molecule has 0 aromatic carbocycles. The molecule has 15 heavy (non-hydrogen) atoms. The fourth-order valence-corrected chi connectivity index (χ4v) is 4.90. The lowest BCUT2D eigenvalue weighted by Gasteiger charge is -2.34. The van der Waals surface area contributed by atoms with Gasteiger partial charge in [0.05, 0.1) is 0 Å². The van der Waals surface area contributed by atoms with Crippen LogP contribution in [0.5, 0.6) is 0 Å². The van der Waals surface area contributed by atoms with E-state index in [1.165, 1.54) is 24.8 Å². The van der Waals surface area contributed by atoms with Gasteiger partial charge in [0, 0.05) is 0 Å². The SMILES string of the molecule is C=C1C=C[C@@]23C[C@@H]1C(C)(C)[C@@H]2CC[C@H]3C. The van der Waals surface area contributed by atoms with Crippen molar-refractivity contribution in [2.45, 2.75) is 40.0 Å². The molecule has 3 aliphatic rings. The number of allylic oxidation sites excluding steroid dienone is 3. The minimum absolute atomic E-state index is 0.478. The average molecular weight is 202 g/mol. The maximum Gasteiger partial charge on any atom is -0.00499 e. The van der Waals surface area contributed by atoms with Gasteiger partial charge in [0.25, 0.3) is 0 Å². The van der Waals surface area contributed by atoms with E-state index in [4.69, 9.17) is 0 Å². The van der Waals surface area contributed by atoms with Crippen LogP contribution in [0.1, 0.15) is 40.0 Å². The van der Waals surface area contributed by atoms with E-state index in [1.54, 1.807) is 0 Å². The molecule has 0 amide bonds. The van der Waals surface area contributed by atoms with Gasteiger partial charge in [-0.3, -0.25) is 0 Å². The molecule has 0 saturated heterocycles. The number of hydrogen-bond acceptors (Lipinski definition) is 0. The van der Waals surface area contributed by atoms with Gasteiger partial charge in [-0.15, -0.1) is 0 Å². The monoisotopic (exact) mass is 202 g/mol. The molecule has 0 aromatic heterocycles. The Labute approximate surface area is 93.5 Å². The predicted octanol–water partition coefficient (Wildman–Crippen LogP) is 4.19. The van der Waals surface area contributed by atoms with Gasteiger partial charge in [-0.1, -0.05) is 45.1 Å². The lowest BCUT2D eigenvalue weighted by Crippen LogP contribution is -2.28. The highest BCUT2D eigenvalue weighted by atomic mass is 14.7. The summed E-state index contributed by atoms with van der Waals surface area (Å²) in [4.78, 5) is 0. The van der Waals surface area contributed by atoms with E-state index in [1.807, 2.05) is 0 Å². The van der Waals surface area contributed by atoms with Crippen molar-refractivity contribution in [2.24, 2.45) is 28.6 Å². The van der Waals surface area contributed by atoms with Crippen LogP contribution >= 0.6 is 0 Å². The van der Waals surface area contributed by atoms with Crippen LogP contribution in [-0.2, 0) is 0 Å². The minimum atomic E-state index is 0.478. The van der Waals surface area contributed by atoms with Crippen LogP contribution in [0.15, 0.2) is 24.3 Å². The summed E-state index contributed by atoms with van der Waals surface area (Å²) < 4.78 is 0. The lowest BCUT2D eigenvalue weighted by atomic mass is 9.70. The maximum atomic E-state index is 4.25. The first-order valence-corrected chi connectivity index (χ1v) is 6.36. The smallest absolute Gasteiger partial charge is 0.00499 e. The van der Waals surface area contributed by atoms with Crippen LogP contribution < -0.4 is 0 Å². The van der Waals surface area contributed by atoms with E-state index in [0.717, 1.165) is 17.8 Å². The Bertz CT molecular complexity index is 347. The van der Waals surface area contributed by atoms with Crippen molar-refractivity contribution < 1.29 is 0 Å². The Morgan fingerprint density at radius 2 is 2.07 bits per heavy atom. The standard InChI is InChI=1S/C15H22/c1-10-7-8-15-9-12(10)14(3,4)13(15)6-5-11(15)2/h7-8,11-13H,1,5-6,9H2,2-4H3/t11-,12+,13+,15+/m1/s1. The van der Waals surface area contributed by atoms with Crippen molar-refractivity contribution in [2.75, 3.05) is 0 Å². The number of fused-ring (bicyclic) bond motifs is 1. The highest BCUT2D eigenvalue weighted by Crippen LogP contribution is 2.70. The molecule has 0 aromatic rings. The Morgan fingerprint density at radius 3 is 2.80 bits per heavy atom. The van der Waals surface area contributed by atoms with Gasteiger partial charge in [0.15, 0.2) is 0 Å². The number of hydrogen-bond donors (Lipinski definition) is 0. The van der Waals surface area contributed by atoms with Gasteiger partial charge >= 0.3 is 0 Å². The molecular formula is C15H22. The van der Waals surface area contributed by atoms with Crippen molar-refractivity contribution in [3.05, 3.63) is 24.3 Å². The van der Waals surface area contributed by atoms with Crippen molar-refractivity contribution in [1.29, 1.82) is 0 Å². The zero-order valence-electron chi connectivity index (χ0n) is 10.2. The highest BCUT2D eigenvalue weighted by molar-refractivity contribution is 5.35. The summed E-state index contributed by atoms with van der Waals surface area (Å²) in [5, 5.41) is 0. The summed E-state index contributed by atoms with van der Waals surface area (Å²) in [5.41, 5.74) is 2.40. The molecule has 0 heteroatoms. The highest BCUT2D eigenvalue weighted by Gasteiger charge is 2.62. The largest absolute Gasteiger partial charge is 0.0955 e. The zero-order chi connectivity index (χ0) is 10.8. The summed E-state index contributed by atoms with van der Waals surface area (Å²) in [5.74, 6) is 2.53. The first-order chi connectivity index (χ1) is 6.98. The summed E-state index contributed by atoms with van der Waals surface area (Å²) in [6.45, 7) is 11.7. The van der Waals surface area contributed by atoms with E-state index in [0.29, 0.717) is 10.8 Å². The summed E-state index contributed by atoms with van der Waals surface area (Å²) in [7, 11) is 0. The van der Waals surface area contributed by atoms with Crippen LogP contribution in [0, 0.1) is 28.6 Å². The minimum Gasteiger partial charge on any atom is -0.0955 e. The summed E-state index contributed by atoms with van der Waals surface area (Å²) in [6.07, 6.45) is 9.09. The van der Waals surface area contributed by atoms with Crippen LogP contribution in [0.3, 0.4) is 0 Å². The summed E-state index contributed by atoms with van der Waals surface area (Å²) >= 11 is 0. The second-order valence-corrected chi connectivity index (χ2v) is 6.63. The lowest BCUT2D eigenvalue weighted by molar-refractivity contribution is 0.168. The predicted molar refractivity (Wildman–Crippen MR) is 64.5 cm³/mol. The van der Waals surface area contributed by atoms with Crippen LogP contribution in [0.2, 0.25) is 0 Å². The third-order valence-electron chi connectivity index (χ3n) is 5.86. The van der Waals surface area contributed by atoms with Gasteiger partial charge in [-0.2, -0.15) is 0 Å². The maximum absolute atomic E-state index is 4.25. The molecule has 2 bridgehead atoms. The Morgan fingerprint density at radius 1 is 1.33 bits per heavy atom. The third-order valence-corrected chi connectivity index (χ3v) is 5.86. The molecule has 2 fully saturated rings. The van der Waals surface area contributed by atoms with E-state index in [2.05, 4.69) is 39.5 Å². The molecule has 3 rings (SSSR count). The number of rotatable bonds is 0. The zero-order valence-corrected chi connectivity index (χ0v) is 10.2. The molecule has 0 unspecified atom stereocenters. The van der Waals surface area contributed by atoms with Crippen molar-refractivity contribution >= 4 is 0 Å². The molecule has 0 radical (unpaired) electrons. The van der Waals surface area contributed by atoms with Gasteiger partial charge < -0.3 is 0 Å². The molecule has 1 spiro atoms. The van der Waals surface area contributed by atoms with Crippen LogP contribution in [-0.4, -0.2) is 0 Å². The van der Waals surface area contributed by atoms with Crippen molar-refractivity contribution in [1.82, 2.24) is 0 Å². The van der Waals surface area contributed by atoms with Crippen molar-refractivity contribution in [3.63, 3.8) is 0 Å². The summed E-state index contributed by atoms with van der Waals surface area (Å²) in [6, 6.07) is 0. The first-order valence-electron chi connectivity index (χ1n) is 6.36. The van der Waals surface area contributed by atoms with E-state index < -0.39 is 0 Å². The fraction of sp³-hybridized carbons (Fsp3) is 0.733. The van der Waals surface area contributed by atoms with E-state index in [-0.39, 0.29) is 0 Å². The second kappa shape index (κ2) is 2.59. The second-order valence-electron chi connectivity index (χ2n) is 6.63. The Kier molecular flexibility index (Phi) is 1.67. The van der Waals surface area contributed by atoms with Crippen LogP contribution in [0.25, 0.3) is 0 Å². The van der Waals surface area contributed by atoms with Gasteiger partial charge in [0.2, 0.25) is 0 Å². The Hall–Kier alpha value is -0.520. The topological polar surface area (TPSA) is 0 Å². The van der Waals surface area contributed by atoms with Crippen LogP contribution in [0.4, 0.5) is 0 Å². The van der Waals surface area contributed by atoms with E-state index >= 15 is 0 Å². The van der Waals surface area contributed by atoms with Gasteiger partial charge in [0.1, 0.15) is 0 Å². The average Bonchev–Trinajstić information content (AvgIpc) is 2.57. The quantitative estimate of drug-likeness (QED) is 0.552. The molecule has 2 saturated carbocycles. The Balaban J connectivity index is 2.15. The van der Waals surface area contributed by atoms with Crippen molar-refractivity contribution in [3.8, 4) is 0 Å². The molecule has 82 valence electrons. The van der Waals surface area contributed by atoms with E-state index in [9.17, 15) is 0 Å². The fourth-order valence-electron chi connectivity index (χ4n) is 4.90. The molecule has 0 nitrogen and oxygen atoms in total. The molecular weight excluding hydrogens is 180 g/mol. The molecule has 4 atom stereocenters. The third kappa shape index (κ3) is 0.940. The molecule has 0 heterocycles. The van der Waals surface area contributed by atoms with Gasteiger partial charge in [-0.05, 0) is 47.8 Å². The molecule has 0 N–H and O–H groups in total. The normalized spacial score (nSPS) is 50.9. The molecule has 0 aliphatic heterocycles.